The van der Waals surface area contributed by atoms with E-state index in [0.29, 0.717) is 18.8 Å². The molecule has 0 bridgehead atoms. The van der Waals surface area contributed by atoms with Crippen LogP contribution in [-0.2, 0) is 4.79 Å². The van der Waals surface area contributed by atoms with Crippen molar-refractivity contribution in [2.45, 2.75) is 57.6 Å². The van der Waals surface area contributed by atoms with Gasteiger partial charge in [-0.2, -0.15) is 5.26 Å². The van der Waals surface area contributed by atoms with Gasteiger partial charge in [0.05, 0.1) is 12.2 Å². The first-order valence-corrected chi connectivity index (χ1v) is 6.46. The molecule has 2 aliphatic rings. The highest BCUT2D eigenvalue weighted by atomic mass is 16.3. The van der Waals surface area contributed by atoms with Crippen molar-refractivity contribution in [1.82, 2.24) is 5.32 Å². The Morgan fingerprint density at radius 2 is 1.94 bits per heavy atom. The van der Waals surface area contributed by atoms with Crippen LogP contribution in [0.5, 0.6) is 0 Å². The van der Waals surface area contributed by atoms with Gasteiger partial charge in [0.25, 0.3) is 0 Å². The standard InChI is InChI=1S/C13H20N2O2/c1-9-6-13(7-9,8-14)12(17)15-10-2-4-11(16)5-3-10/h9-11,16H,2-7H2,1H3,(H,15,17). The highest BCUT2D eigenvalue weighted by molar-refractivity contribution is 5.86. The van der Waals surface area contributed by atoms with E-state index in [-0.39, 0.29) is 18.1 Å². The molecule has 4 heteroatoms. The zero-order valence-electron chi connectivity index (χ0n) is 10.3. The van der Waals surface area contributed by atoms with Crippen molar-refractivity contribution in [2.75, 3.05) is 0 Å². The Morgan fingerprint density at radius 1 is 1.35 bits per heavy atom. The predicted molar refractivity (Wildman–Crippen MR) is 62.8 cm³/mol. The first-order chi connectivity index (χ1) is 8.05. The number of nitrogens with one attached hydrogen (secondary N) is 1. The lowest BCUT2D eigenvalue weighted by Crippen LogP contribution is -2.51. The van der Waals surface area contributed by atoms with Crippen LogP contribution in [0.3, 0.4) is 0 Å². The van der Waals surface area contributed by atoms with Crippen LogP contribution < -0.4 is 5.32 Å². The van der Waals surface area contributed by atoms with Gasteiger partial charge in [0, 0.05) is 6.04 Å². The van der Waals surface area contributed by atoms with E-state index in [4.69, 9.17) is 5.26 Å². The van der Waals surface area contributed by atoms with Gasteiger partial charge in [-0.15, -0.1) is 0 Å². The number of aliphatic hydroxyl groups is 1. The second-order valence-corrected chi connectivity index (χ2v) is 5.69. The molecule has 94 valence electrons. The topological polar surface area (TPSA) is 73.1 Å². The lowest BCUT2D eigenvalue weighted by Gasteiger charge is -2.40. The summed E-state index contributed by atoms with van der Waals surface area (Å²) < 4.78 is 0. The van der Waals surface area contributed by atoms with Crippen LogP contribution in [0.25, 0.3) is 0 Å². The van der Waals surface area contributed by atoms with Gasteiger partial charge in [-0.3, -0.25) is 4.79 Å². The third kappa shape index (κ3) is 2.44. The first-order valence-electron chi connectivity index (χ1n) is 6.46. The second kappa shape index (κ2) is 4.66. The van der Waals surface area contributed by atoms with Crippen LogP contribution in [-0.4, -0.2) is 23.2 Å². The highest BCUT2D eigenvalue weighted by Crippen LogP contribution is 2.45. The van der Waals surface area contributed by atoms with Gasteiger partial charge in [0.15, 0.2) is 0 Å². The van der Waals surface area contributed by atoms with Crippen LogP contribution in [0.4, 0.5) is 0 Å². The molecule has 2 N–H and O–H groups in total. The molecule has 0 unspecified atom stereocenters. The Hall–Kier alpha value is -1.08. The van der Waals surface area contributed by atoms with E-state index in [1.54, 1.807) is 0 Å². The molecule has 0 aromatic heterocycles. The first kappa shape index (κ1) is 12.4. The molecule has 0 aromatic rings. The van der Waals surface area contributed by atoms with Crippen molar-refractivity contribution in [1.29, 1.82) is 5.26 Å². The number of aliphatic hydroxyl groups excluding tert-OH is 1. The third-order valence-corrected chi connectivity index (χ3v) is 4.07. The Kier molecular flexibility index (Phi) is 3.39. The third-order valence-electron chi connectivity index (χ3n) is 4.07. The van der Waals surface area contributed by atoms with Crippen LogP contribution in [0.15, 0.2) is 0 Å². The molecule has 0 radical (unpaired) electrons. The maximum absolute atomic E-state index is 12.1. The molecule has 2 rings (SSSR count). The largest absolute Gasteiger partial charge is 0.393 e. The summed E-state index contributed by atoms with van der Waals surface area (Å²) in [7, 11) is 0. The highest BCUT2D eigenvalue weighted by Gasteiger charge is 2.49. The van der Waals surface area contributed by atoms with Gasteiger partial charge in [-0.25, -0.2) is 0 Å². The van der Waals surface area contributed by atoms with Gasteiger partial charge in [-0.05, 0) is 44.4 Å². The molecule has 0 saturated heterocycles. The Morgan fingerprint density at radius 3 is 2.41 bits per heavy atom. The molecule has 2 aliphatic carbocycles. The van der Waals surface area contributed by atoms with E-state index in [9.17, 15) is 9.90 Å². The number of hydrogen-bond acceptors (Lipinski definition) is 3. The number of amides is 1. The minimum atomic E-state index is -0.768. The number of nitriles is 1. The van der Waals surface area contributed by atoms with Gasteiger partial charge in [0.1, 0.15) is 5.41 Å². The van der Waals surface area contributed by atoms with E-state index in [2.05, 4.69) is 18.3 Å². The Balaban J connectivity index is 1.87. The summed E-state index contributed by atoms with van der Waals surface area (Å²) in [5.41, 5.74) is -0.768. The van der Waals surface area contributed by atoms with Crippen molar-refractivity contribution in [2.24, 2.45) is 11.3 Å². The number of carbonyl (C=O) groups is 1. The van der Waals surface area contributed by atoms with E-state index >= 15 is 0 Å². The molecule has 0 spiro atoms. The molecule has 17 heavy (non-hydrogen) atoms. The maximum atomic E-state index is 12.1. The van der Waals surface area contributed by atoms with E-state index < -0.39 is 5.41 Å². The predicted octanol–water partition coefficient (Wildman–Crippen LogP) is 1.35. The van der Waals surface area contributed by atoms with Gasteiger partial charge in [0.2, 0.25) is 5.91 Å². The number of hydrogen-bond donors (Lipinski definition) is 2. The minimum Gasteiger partial charge on any atom is -0.393 e. The summed E-state index contributed by atoms with van der Waals surface area (Å²) in [6.45, 7) is 2.07. The summed E-state index contributed by atoms with van der Waals surface area (Å²) >= 11 is 0. The van der Waals surface area contributed by atoms with Gasteiger partial charge >= 0.3 is 0 Å². The summed E-state index contributed by atoms with van der Waals surface area (Å²) in [6, 6.07) is 2.33. The lowest BCUT2D eigenvalue weighted by molar-refractivity contribution is -0.135. The van der Waals surface area contributed by atoms with Crippen molar-refractivity contribution < 1.29 is 9.90 Å². The number of rotatable bonds is 2. The van der Waals surface area contributed by atoms with Crippen LogP contribution in [0.1, 0.15) is 45.4 Å². The van der Waals surface area contributed by atoms with Crippen molar-refractivity contribution in [3.8, 4) is 6.07 Å². The average Bonchev–Trinajstić information content (AvgIpc) is 2.27. The summed E-state index contributed by atoms with van der Waals surface area (Å²) in [4.78, 5) is 12.1. The summed E-state index contributed by atoms with van der Waals surface area (Å²) in [5.74, 6) is 0.382. The molecule has 2 fully saturated rings. The maximum Gasteiger partial charge on any atom is 0.240 e. The number of nitrogens with zero attached hydrogens (tertiary/aromatic N) is 1. The van der Waals surface area contributed by atoms with Crippen molar-refractivity contribution in [3.63, 3.8) is 0 Å². The Labute approximate surface area is 102 Å². The van der Waals surface area contributed by atoms with Crippen LogP contribution >= 0.6 is 0 Å². The molecule has 0 heterocycles. The van der Waals surface area contributed by atoms with E-state index in [1.165, 1.54) is 0 Å². The molecule has 4 nitrogen and oxygen atoms in total. The summed E-state index contributed by atoms with van der Waals surface area (Å²) in [6.07, 6.45) is 4.31. The average molecular weight is 236 g/mol. The molecular formula is C13H20N2O2. The molecular weight excluding hydrogens is 216 g/mol. The molecule has 1 amide bonds. The molecule has 0 aromatic carbocycles. The van der Waals surface area contributed by atoms with Crippen molar-refractivity contribution >= 4 is 5.91 Å². The minimum absolute atomic E-state index is 0.0977. The molecule has 2 saturated carbocycles. The normalized spacial score (nSPS) is 41.1. The second-order valence-electron chi connectivity index (χ2n) is 5.69. The SMILES string of the molecule is CC1CC(C#N)(C(=O)NC2CCC(O)CC2)C1. The lowest BCUT2D eigenvalue weighted by atomic mass is 9.63. The van der Waals surface area contributed by atoms with Crippen molar-refractivity contribution in [3.05, 3.63) is 0 Å². The van der Waals surface area contributed by atoms with E-state index in [0.717, 1.165) is 25.7 Å². The Bertz CT molecular complexity index is 334. The molecule has 0 atom stereocenters. The molecule has 0 aliphatic heterocycles. The number of carbonyl (C=O) groups excluding carboxylic acids is 1. The van der Waals surface area contributed by atoms with Gasteiger partial charge < -0.3 is 10.4 Å². The fourth-order valence-corrected chi connectivity index (χ4v) is 3.00. The zero-order chi connectivity index (χ0) is 12.5. The zero-order valence-corrected chi connectivity index (χ0v) is 10.3. The van der Waals surface area contributed by atoms with Gasteiger partial charge in [-0.1, -0.05) is 6.92 Å². The monoisotopic (exact) mass is 236 g/mol. The fourth-order valence-electron chi connectivity index (χ4n) is 3.00. The van der Waals surface area contributed by atoms with Crippen LogP contribution in [0.2, 0.25) is 0 Å². The van der Waals surface area contributed by atoms with Crippen LogP contribution in [0, 0.1) is 22.7 Å². The van der Waals surface area contributed by atoms with E-state index in [1.807, 2.05) is 0 Å². The summed E-state index contributed by atoms with van der Waals surface area (Å²) in [5, 5.41) is 21.5. The quantitative estimate of drug-likeness (QED) is 0.760. The fraction of sp³-hybridized carbons (Fsp3) is 0.846. The smallest absolute Gasteiger partial charge is 0.240 e.